The van der Waals surface area contributed by atoms with Gasteiger partial charge in [0, 0.05) is 0 Å². The molecule has 0 aliphatic carbocycles. The van der Waals surface area contributed by atoms with Crippen LogP contribution in [-0.4, -0.2) is 57.7 Å². The van der Waals surface area contributed by atoms with Gasteiger partial charge in [-0.05, 0) is 29.2 Å². The average molecular weight is 624 g/mol. The third-order valence-corrected chi connectivity index (χ3v) is 7.17. The van der Waals surface area contributed by atoms with E-state index in [0.29, 0.717) is 0 Å². The Labute approximate surface area is 235 Å². The van der Waals surface area contributed by atoms with Gasteiger partial charge in [0.2, 0.25) is 5.75 Å². The van der Waals surface area contributed by atoms with Gasteiger partial charge in [-0.1, -0.05) is 52.1 Å². The van der Waals surface area contributed by atoms with E-state index >= 15 is 0 Å². The van der Waals surface area contributed by atoms with Crippen molar-refractivity contribution in [1.82, 2.24) is 9.97 Å². The number of alkyl halides is 3. The standard InChI is InChI=1S/C24H28F3N3O9S2/c1-7-8-18(15(2)36-6)38-19-20(30-40(32,33)17-11-9-16(10-12-17)23(3,4)5)28-22(29-21(19)37-14-13-31)39-41(34,35)24(25,26)27/h7-12,31H,1-2,13-14H2,3-6H3,(H,28,29,30)/b18-8+. The summed E-state index contributed by atoms with van der Waals surface area (Å²) in [6.45, 7) is 11.7. The summed E-state index contributed by atoms with van der Waals surface area (Å²) in [6, 6.07) is 4.19. The molecule has 0 amide bonds. The molecule has 12 nitrogen and oxygen atoms in total. The molecular weight excluding hydrogens is 595 g/mol. The van der Waals surface area contributed by atoms with E-state index in [-0.39, 0.29) is 21.8 Å². The number of halogens is 3. The number of nitrogens with zero attached hydrogens (tertiary/aromatic N) is 2. The third kappa shape index (κ3) is 8.58. The van der Waals surface area contributed by atoms with Gasteiger partial charge in [-0.15, -0.1) is 0 Å². The molecule has 1 aromatic carbocycles. The molecule has 0 fully saturated rings. The van der Waals surface area contributed by atoms with Gasteiger partial charge in [0.25, 0.3) is 15.9 Å². The predicted molar refractivity (Wildman–Crippen MR) is 141 cm³/mol. The number of hydrogen-bond acceptors (Lipinski definition) is 11. The van der Waals surface area contributed by atoms with Gasteiger partial charge in [0.15, 0.2) is 17.3 Å². The molecule has 0 spiro atoms. The fourth-order valence-corrected chi connectivity index (χ4v) is 4.19. The van der Waals surface area contributed by atoms with Crippen molar-refractivity contribution in [2.75, 3.05) is 25.0 Å². The summed E-state index contributed by atoms with van der Waals surface area (Å²) in [5.41, 5.74) is -5.38. The summed E-state index contributed by atoms with van der Waals surface area (Å²) < 4.78 is 111. The number of anilines is 1. The van der Waals surface area contributed by atoms with Crippen molar-refractivity contribution in [2.45, 2.75) is 36.6 Å². The van der Waals surface area contributed by atoms with Gasteiger partial charge in [-0.3, -0.25) is 4.72 Å². The largest absolute Gasteiger partial charge is 0.534 e. The van der Waals surface area contributed by atoms with Crippen molar-refractivity contribution in [3.8, 4) is 17.6 Å². The Kier molecular flexibility index (Phi) is 10.4. The van der Waals surface area contributed by atoms with Gasteiger partial charge in [-0.2, -0.15) is 31.6 Å². The zero-order valence-electron chi connectivity index (χ0n) is 22.4. The highest BCUT2D eigenvalue weighted by molar-refractivity contribution is 7.92. The second-order valence-electron chi connectivity index (χ2n) is 8.92. The zero-order valence-corrected chi connectivity index (χ0v) is 24.0. The van der Waals surface area contributed by atoms with Crippen LogP contribution in [-0.2, 0) is 30.3 Å². The summed E-state index contributed by atoms with van der Waals surface area (Å²) in [6.07, 6.45) is 2.46. The number of rotatable bonds is 13. The Balaban J connectivity index is 2.78. The molecule has 0 radical (unpaired) electrons. The molecule has 17 heteroatoms. The van der Waals surface area contributed by atoms with Crippen LogP contribution in [0.15, 0.2) is 66.0 Å². The van der Waals surface area contributed by atoms with Gasteiger partial charge in [0.05, 0.1) is 18.6 Å². The van der Waals surface area contributed by atoms with Crippen LogP contribution < -0.4 is 18.4 Å². The fraction of sp³-hybridized carbons (Fsp3) is 0.333. The topological polar surface area (TPSA) is 163 Å². The van der Waals surface area contributed by atoms with E-state index < -0.39 is 62.3 Å². The van der Waals surface area contributed by atoms with Gasteiger partial charge in [0.1, 0.15) is 6.61 Å². The van der Waals surface area contributed by atoms with E-state index in [1.807, 2.05) is 25.5 Å². The molecule has 0 atom stereocenters. The van der Waals surface area contributed by atoms with Crippen LogP contribution in [0.2, 0.25) is 0 Å². The number of ether oxygens (including phenoxy) is 3. The van der Waals surface area contributed by atoms with E-state index in [4.69, 9.17) is 14.2 Å². The highest BCUT2D eigenvalue weighted by Crippen LogP contribution is 2.39. The van der Waals surface area contributed by atoms with Crippen molar-refractivity contribution in [1.29, 1.82) is 0 Å². The molecule has 0 aliphatic heterocycles. The number of sulfonamides is 1. The zero-order chi connectivity index (χ0) is 31.2. The smallest absolute Gasteiger partial charge is 0.493 e. The molecule has 2 aromatic rings. The van der Waals surface area contributed by atoms with Gasteiger partial charge < -0.3 is 23.5 Å². The summed E-state index contributed by atoms with van der Waals surface area (Å²) in [5, 5.41) is 9.20. The Morgan fingerprint density at radius 3 is 2.20 bits per heavy atom. The molecule has 226 valence electrons. The number of allylic oxidation sites excluding steroid dienone is 2. The summed E-state index contributed by atoms with van der Waals surface area (Å²) in [5.74, 6) is -2.69. The number of benzene rings is 1. The maximum Gasteiger partial charge on any atom is 0.534 e. The van der Waals surface area contributed by atoms with Crippen molar-refractivity contribution in [2.24, 2.45) is 0 Å². The molecule has 41 heavy (non-hydrogen) atoms. The predicted octanol–water partition coefficient (Wildman–Crippen LogP) is 3.78. The number of aliphatic hydroxyl groups excluding tert-OH is 1. The van der Waals surface area contributed by atoms with E-state index in [1.165, 1.54) is 31.4 Å². The highest BCUT2D eigenvalue weighted by atomic mass is 32.2. The molecule has 0 unspecified atom stereocenters. The second kappa shape index (κ2) is 12.8. The van der Waals surface area contributed by atoms with Crippen molar-refractivity contribution in [3.05, 3.63) is 66.7 Å². The van der Waals surface area contributed by atoms with Crippen LogP contribution in [0.3, 0.4) is 0 Å². The number of nitrogens with one attached hydrogen (secondary N) is 1. The lowest BCUT2D eigenvalue weighted by Gasteiger charge is -2.20. The Bertz CT molecular complexity index is 1520. The van der Waals surface area contributed by atoms with Crippen molar-refractivity contribution < 1.29 is 53.5 Å². The number of methoxy groups -OCH3 is 1. The normalized spacial score (nSPS) is 12.8. The van der Waals surface area contributed by atoms with Crippen LogP contribution in [0.5, 0.6) is 17.6 Å². The molecule has 1 aromatic heterocycles. The van der Waals surface area contributed by atoms with E-state index in [0.717, 1.165) is 5.56 Å². The third-order valence-electron chi connectivity index (χ3n) is 4.88. The Morgan fingerprint density at radius 1 is 1.10 bits per heavy atom. The SMILES string of the molecule is C=C/C=C(/Oc1c(NS(=O)(=O)c2ccc(C(C)(C)C)cc2)nc(OS(=O)(=O)C(F)(F)F)nc1OCCO)C(=C)OC. The number of aliphatic hydroxyl groups is 1. The summed E-state index contributed by atoms with van der Waals surface area (Å²) in [4.78, 5) is 6.70. The second-order valence-corrected chi connectivity index (χ2v) is 12.1. The highest BCUT2D eigenvalue weighted by Gasteiger charge is 2.49. The first-order chi connectivity index (χ1) is 18.9. The molecule has 2 N–H and O–H groups in total. The minimum atomic E-state index is -6.29. The average Bonchev–Trinajstić information content (AvgIpc) is 2.86. The molecule has 0 aliphatic rings. The first kappa shape index (κ1) is 33.4. The van der Waals surface area contributed by atoms with Crippen LogP contribution in [0.1, 0.15) is 26.3 Å². The van der Waals surface area contributed by atoms with E-state index in [2.05, 4.69) is 27.3 Å². The first-order valence-electron chi connectivity index (χ1n) is 11.4. The molecule has 0 bridgehead atoms. The number of hydrogen-bond donors (Lipinski definition) is 2. The minimum Gasteiger partial charge on any atom is -0.493 e. The molecule has 0 saturated carbocycles. The number of aromatic nitrogens is 2. The van der Waals surface area contributed by atoms with Crippen LogP contribution in [0.4, 0.5) is 19.0 Å². The van der Waals surface area contributed by atoms with E-state index in [9.17, 15) is 35.1 Å². The van der Waals surface area contributed by atoms with E-state index in [1.54, 1.807) is 12.1 Å². The lowest BCUT2D eigenvalue weighted by atomic mass is 9.87. The van der Waals surface area contributed by atoms with Crippen LogP contribution in [0.25, 0.3) is 0 Å². The molecular formula is C24H28F3N3O9S2. The molecule has 2 rings (SSSR count). The fourth-order valence-electron chi connectivity index (χ4n) is 2.82. The van der Waals surface area contributed by atoms with Gasteiger partial charge >= 0.3 is 21.6 Å². The van der Waals surface area contributed by atoms with Crippen molar-refractivity contribution in [3.63, 3.8) is 0 Å². The minimum absolute atomic E-state index is 0.121. The summed E-state index contributed by atoms with van der Waals surface area (Å²) >= 11 is 0. The summed E-state index contributed by atoms with van der Waals surface area (Å²) in [7, 11) is -9.60. The molecule has 0 saturated heterocycles. The Hall–Kier alpha value is -3.83. The lowest BCUT2D eigenvalue weighted by molar-refractivity contribution is -0.0503. The first-order valence-corrected chi connectivity index (χ1v) is 14.3. The molecule has 1 heterocycles. The maximum atomic E-state index is 13.3. The van der Waals surface area contributed by atoms with Crippen molar-refractivity contribution >= 4 is 26.0 Å². The lowest BCUT2D eigenvalue weighted by Crippen LogP contribution is -2.29. The van der Waals surface area contributed by atoms with Crippen LogP contribution in [0, 0.1) is 0 Å². The maximum absolute atomic E-state index is 13.3. The quantitative estimate of drug-likeness (QED) is 0.144. The van der Waals surface area contributed by atoms with Gasteiger partial charge in [-0.25, -0.2) is 8.42 Å². The monoisotopic (exact) mass is 623 g/mol. The van der Waals surface area contributed by atoms with Crippen LogP contribution >= 0.6 is 0 Å². The Morgan fingerprint density at radius 2 is 1.71 bits per heavy atom.